The molecule has 150 valence electrons. The molecule has 1 N–H and O–H groups in total. The third-order valence-electron chi connectivity index (χ3n) is 4.44. The lowest BCUT2D eigenvalue weighted by molar-refractivity contribution is -0.125. The van der Waals surface area contributed by atoms with Crippen LogP contribution in [0.2, 0.25) is 0 Å². The van der Waals surface area contributed by atoms with Gasteiger partial charge < -0.3 is 14.8 Å². The zero-order chi connectivity index (χ0) is 19.9. The molecule has 2 rings (SSSR count). The fraction of sp³-hybridized carbons (Fsp3) is 0.619. The van der Waals surface area contributed by atoms with Crippen molar-refractivity contribution >= 4 is 12.0 Å². The minimum Gasteiger partial charge on any atom is -0.444 e. The molecule has 1 aliphatic heterocycles. The molecule has 1 aliphatic rings. The maximum absolute atomic E-state index is 12.4. The quantitative estimate of drug-likeness (QED) is 0.737. The molecule has 1 fully saturated rings. The average molecular weight is 376 g/mol. The van der Waals surface area contributed by atoms with Crippen molar-refractivity contribution in [1.82, 2.24) is 10.2 Å². The number of nitrogens with one attached hydrogen (secondary N) is 1. The van der Waals surface area contributed by atoms with Crippen LogP contribution in [-0.2, 0) is 14.3 Å². The summed E-state index contributed by atoms with van der Waals surface area (Å²) in [5.41, 5.74) is 0.577. The van der Waals surface area contributed by atoms with Gasteiger partial charge in [-0.15, -0.1) is 0 Å². The van der Waals surface area contributed by atoms with Crippen molar-refractivity contribution in [3.05, 3.63) is 35.9 Å². The number of likely N-dealkylation sites (tertiary alicyclic amines) is 1. The Balaban J connectivity index is 1.69. The van der Waals surface area contributed by atoms with Crippen molar-refractivity contribution in [3.63, 3.8) is 0 Å². The molecule has 0 saturated carbocycles. The van der Waals surface area contributed by atoms with Crippen LogP contribution in [0.15, 0.2) is 30.3 Å². The van der Waals surface area contributed by atoms with Gasteiger partial charge in [0.05, 0.1) is 6.10 Å². The lowest BCUT2D eigenvalue weighted by Crippen LogP contribution is -2.47. The minimum atomic E-state index is -0.562. The zero-order valence-corrected chi connectivity index (χ0v) is 16.9. The predicted molar refractivity (Wildman–Crippen MR) is 104 cm³/mol. The van der Waals surface area contributed by atoms with Gasteiger partial charge in [0.25, 0.3) is 0 Å². The molecule has 0 aliphatic carbocycles. The summed E-state index contributed by atoms with van der Waals surface area (Å²) < 4.78 is 11.2. The van der Waals surface area contributed by atoms with Gasteiger partial charge in [0, 0.05) is 19.7 Å². The highest BCUT2D eigenvalue weighted by atomic mass is 16.6. The highest BCUT2D eigenvalue weighted by Gasteiger charge is 2.36. The average Bonchev–Trinajstić information content (AvgIpc) is 3.10. The van der Waals surface area contributed by atoms with Crippen LogP contribution in [0.4, 0.5) is 4.79 Å². The SMILES string of the molecule is CC(OCCCNC(=O)C1CCCN1C(=O)OC(C)(C)C)c1ccccc1. The number of benzene rings is 1. The van der Waals surface area contributed by atoms with E-state index in [9.17, 15) is 9.59 Å². The van der Waals surface area contributed by atoms with Gasteiger partial charge in [-0.05, 0) is 52.5 Å². The fourth-order valence-electron chi connectivity index (χ4n) is 3.06. The Labute approximate surface area is 162 Å². The summed E-state index contributed by atoms with van der Waals surface area (Å²) >= 11 is 0. The Hall–Kier alpha value is -2.08. The van der Waals surface area contributed by atoms with Crippen LogP contribution in [0.25, 0.3) is 0 Å². The van der Waals surface area contributed by atoms with E-state index < -0.39 is 17.7 Å². The van der Waals surface area contributed by atoms with Gasteiger partial charge in [-0.25, -0.2) is 4.79 Å². The first-order chi connectivity index (χ1) is 12.8. The molecule has 0 aromatic heterocycles. The first kappa shape index (κ1) is 21.2. The number of carbonyl (C=O) groups is 2. The number of nitrogens with zero attached hydrogens (tertiary/aromatic N) is 1. The standard InChI is InChI=1S/C21H32N2O4/c1-16(17-10-6-5-7-11-17)26-15-9-13-22-19(24)18-12-8-14-23(18)20(25)27-21(2,3)4/h5-7,10-11,16,18H,8-9,12-15H2,1-4H3,(H,22,24). The van der Waals surface area contributed by atoms with Crippen LogP contribution >= 0.6 is 0 Å². The van der Waals surface area contributed by atoms with Crippen LogP contribution < -0.4 is 5.32 Å². The van der Waals surface area contributed by atoms with Gasteiger partial charge in [-0.2, -0.15) is 0 Å². The molecule has 6 heteroatoms. The van der Waals surface area contributed by atoms with E-state index in [0.29, 0.717) is 26.1 Å². The van der Waals surface area contributed by atoms with Crippen LogP contribution in [0.1, 0.15) is 58.6 Å². The largest absolute Gasteiger partial charge is 0.444 e. The Morgan fingerprint density at radius 2 is 1.96 bits per heavy atom. The molecule has 1 saturated heterocycles. The first-order valence-corrected chi connectivity index (χ1v) is 9.72. The normalized spacial score (nSPS) is 18.2. The number of amides is 2. The Kier molecular flexibility index (Phi) is 7.66. The lowest BCUT2D eigenvalue weighted by Gasteiger charge is -2.28. The molecule has 0 spiro atoms. The van der Waals surface area contributed by atoms with E-state index in [1.807, 2.05) is 58.0 Å². The molecular formula is C21H32N2O4. The second-order valence-electron chi connectivity index (χ2n) is 7.90. The van der Waals surface area contributed by atoms with E-state index in [0.717, 1.165) is 18.4 Å². The third-order valence-corrected chi connectivity index (χ3v) is 4.44. The van der Waals surface area contributed by atoms with E-state index >= 15 is 0 Å². The second-order valence-corrected chi connectivity index (χ2v) is 7.90. The van der Waals surface area contributed by atoms with E-state index in [-0.39, 0.29) is 12.0 Å². The van der Waals surface area contributed by atoms with E-state index in [2.05, 4.69) is 5.32 Å². The lowest BCUT2D eigenvalue weighted by atomic mass is 10.1. The van der Waals surface area contributed by atoms with Crippen molar-refractivity contribution in [2.75, 3.05) is 19.7 Å². The topological polar surface area (TPSA) is 67.9 Å². The Morgan fingerprint density at radius 3 is 2.63 bits per heavy atom. The van der Waals surface area contributed by atoms with Crippen LogP contribution in [0.3, 0.4) is 0 Å². The predicted octanol–water partition coefficient (Wildman–Crippen LogP) is 3.67. The fourth-order valence-corrected chi connectivity index (χ4v) is 3.06. The van der Waals surface area contributed by atoms with E-state index in [4.69, 9.17) is 9.47 Å². The van der Waals surface area contributed by atoms with Crippen molar-refractivity contribution in [2.24, 2.45) is 0 Å². The van der Waals surface area contributed by atoms with Crippen LogP contribution in [0, 0.1) is 0 Å². The highest BCUT2D eigenvalue weighted by molar-refractivity contribution is 5.86. The number of hydrogen-bond donors (Lipinski definition) is 1. The molecule has 0 bridgehead atoms. The number of hydrogen-bond acceptors (Lipinski definition) is 4. The number of rotatable bonds is 7. The van der Waals surface area contributed by atoms with Crippen molar-refractivity contribution in [2.45, 2.75) is 64.7 Å². The van der Waals surface area contributed by atoms with Crippen LogP contribution in [-0.4, -0.2) is 48.2 Å². The number of ether oxygens (including phenoxy) is 2. The summed E-state index contributed by atoms with van der Waals surface area (Å²) in [6, 6.07) is 9.61. The van der Waals surface area contributed by atoms with Gasteiger partial charge in [0.1, 0.15) is 11.6 Å². The molecule has 27 heavy (non-hydrogen) atoms. The molecule has 2 atom stereocenters. The molecule has 6 nitrogen and oxygen atoms in total. The summed E-state index contributed by atoms with van der Waals surface area (Å²) in [5, 5.41) is 2.92. The summed E-state index contributed by atoms with van der Waals surface area (Å²) in [7, 11) is 0. The van der Waals surface area contributed by atoms with Crippen molar-refractivity contribution in [1.29, 1.82) is 0 Å². The molecule has 1 aromatic rings. The van der Waals surface area contributed by atoms with Crippen molar-refractivity contribution < 1.29 is 19.1 Å². The summed E-state index contributed by atoms with van der Waals surface area (Å²) in [4.78, 5) is 26.2. The first-order valence-electron chi connectivity index (χ1n) is 9.72. The Morgan fingerprint density at radius 1 is 1.26 bits per heavy atom. The molecule has 0 radical (unpaired) electrons. The van der Waals surface area contributed by atoms with E-state index in [1.54, 1.807) is 0 Å². The van der Waals surface area contributed by atoms with Gasteiger partial charge in [0.15, 0.2) is 0 Å². The van der Waals surface area contributed by atoms with Gasteiger partial charge >= 0.3 is 6.09 Å². The molecular weight excluding hydrogens is 344 g/mol. The summed E-state index contributed by atoms with van der Waals surface area (Å²) in [6.07, 6.45) is 1.82. The summed E-state index contributed by atoms with van der Waals surface area (Å²) in [6.45, 7) is 9.15. The maximum atomic E-state index is 12.4. The smallest absolute Gasteiger partial charge is 0.410 e. The van der Waals surface area contributed by atoms with Crippen molar-refractivity contribution in [3.8, 4) is 0 Å². The third kappa shape index (κ3) is 6.86. The molecule has 2 amide bonds. The second kappa shape index (κ2) is 9.74. The van der Waals surface area contributed by atoms with E-state index in [1.165, 1.54) is 4.90 Å². The maximum Gasteiger partial charge on any atom is 0.410 e. The minimum absolute atomic E-state index is 0.0272. The molecule has 2 unspecified atom stereocenters. The Bertz CT molecular complexity index is 612. The summed E-state index contributed by atoms with van der Waals surface area (Å²) in [5.74, 6) is -0.116. The van der Waals surface area contributed by atoms with Gasteiger partial charge in [0.2, 0.25) is 5.91 Å². The monoisotopic (exact) mass is 376 g/mol. The highest BCUT2D eigenvalue weighted by Crippen LogP contribution is 2.21. The molecule has 1 aromatic carbocycles. The molecule has 1 heterocycles. The van der Waals surface area contributed by atoms with Gasteiger partial charge in [-0.1, -0.05) is 30.3 Å². The van der Waals surface area contributed by atoms with Crippen LogP contribution in [0.5, 0.6) is 0 Å². The number of carbonyl (C=O) groups excluding carboxylic acids is 2. The zero-order valence-electron chi connectivity index (χ0n) is 16.9. The van der Waals surface area contributed by atoms with Gasteiger partial charge in [-0.3, -0.25) is 9.69 Å².